The molecule has 0 N–H and O–H groups in total. The molecule has 0 aliphatic carbocycles. The lowest BCUT2D eigenvalue weighted by molar-refractivity contribution is -0.134. The Morgan fingerprint density at radius 2 is 1.67 bits per heavy atom. The minimum Gasteiger partial charge on any atom is -0.425 e. The second-order valence-corrected chi connectivity index (χ2v) is 4.08. The number of carbonyl (C=O) groups is 1. The van der Waals surface area contributed by atoms with E-state index in [1.807, 2.05) is 6.07 Å². The molecule has 4 heteroatoms. The average molecular weight is 265 g/mol. The highest BCUT2D eigenvalue weighted by molar-refractivity contribution is 6.30. The minimum atomic E-state index is -0.878. The third-order valence-corrected chi connectivity index (χ3v) is 2.76. The van der Waals surface area contributed by atoms with Crippen LogP contribution in [-0.4, -0.2) is 5.97 Å². The highest BCUT2D eigenvalue weighted by Gasteiger charge is 2.19. The zero-order chi connectivity index (χ0) is 13.0. The second kappa shape index (κ2) is 5.65. The molecule has 1 atom stereocenters. The van der Waals surface area contributed by atoms with Gasteiger partial charge >= 0.3 is 5.97 Å². The Kier molecular flexibility index (Phi) is 3.95. The predicted molar refractivity (Wildman–Crippen MR) is 67.1 cm³/mol. The first-order valence-electron chi connectivity index (χ1n) is 5.33. The van der Waals surface area contributed by atoms with Crippen molar-refractivity contribution in [2.24, 2.45) is 0 Å². The summed E-state index contributed by atoms with van der Waals surface area (Å²) in [5.41, 5.74) is 0.659. The zero-order valence-corrected chi connectivity index (χ0v) is 10.1. The van der Waals surface area contributed by atoms with Gasteiger partial charge in [-0.05, 0) is 29.8 Å². The van der Waals surface area contributed by atoms with Crippen LogP contribution in [0.1, 0.15) is 10.9 Å². The maximum absolute atomic E-state index is 12.7. The SMILES string of the molecule is O=C(Oc1ccc(F)cc1)C(Cl)c1ccccc1. The van der Waals surface area contributed by atoms with Gasteiger partial charge in [0.1, 0.15) is 11.6 Å². The Bertz CT molecular complexity index is 525. The lowest BCUT2D eigenvalue weighted by Gasteiger charge is -2.09. The Balaban J connectivity index is 2.06. The number of alkyl halides is 1. The molecule has 0 aliphatic heterocycles. The van der Waals surface area contributed by atoms with Crippen molar-refractivity contribution in [3.8, 4) is 5.75 Å². The Labute approximate surface area is 109 Å². The summed E-state index contributed by atoms with van der Waals surface area (Å²) in [4.78, 5) is 11.7. The molecule has 2 nitrogen and oxygen atoms in total. The molecule has 0 aliphatic rings. The zero-order valence-electron chi connectivity index (χ0n) is 9.35. The summed E-state index contributed by atoms with van der Waals surface area (Å²) in [6.45, 7) is 0. The van der Waals surface area contributed by atoms with Crippen LogP contribution in [0, 0.1) is 5.82 Å². The first-order valence-corrected chi connectivity index (χ1v) is 5.77. The standard InChI is InChI=1S/C14H10ClFO2/c15-13(10-4-2-1-3-5-10)14(17)18-12-8-6-11(16)7-9-12/h1-9,13H. The van der Waals surface area contributed by atoms with Crippen molar-refractivity contribution >= 4 is 17.6 Å². The van der Waals surface area contributed by atoms with E-state index in [9.17, 15) is 9.18 Å². The van der Waals surface area contributed by atoms with Gasteiger partial charge in [0.15, 0.2) is 5.38 Å². The van der Waals surface area contributed by atoms with Crippen molar-refractivity contribution in [2.45, 2.75) is 5.38 Å². The molecule has 0 spiro atoms. The van der Waals surface area contributed by atoms with E-state index in [-0.39, 0.29) is 11.6 Å². The fraction of sp³-hybridized carbons (Fsp3) is 0.0714. The highest BCUT2D eigenvalue weighted by atomic mass is 35.5. The molecule has 0 aromatic heterocycles. The van der Waals surface area contributed by atoms with Gasteiger partial charge in [-0.25, -0.2) is 9.18 Å². The van der Waals surface area contributed by atoms with Gasteiger partial charge in [-0.15, -0.1) is 11.6 Å². The Morgan fingerprint density at radius 3 is 2.28 bits per heavy atom. The number of ether oxygens (including phenoxy) is 1. The van der Waals surface area contributed by atoms with Gasteiger partial charge in [-0.1, -0.05) is 30.3 Å². The molecule has 1 unspecified atom stereocenters. The normalized spacial score (nSPS) is 11.9. The van der Waals surface area contributed by atoms with Gasteiger partial charge in [0.25, 0.3) is 0 Å². The van der Waals surface area contributed by atoms with Gasteiger partial charge < -0.3 is 4.74 Å². The molecule has 2 aromatic rings. The molecule has 0 saturated heterocycles. The maximum atomic E-state index is 12.7. The van der Waals surface area contributed by atoms with E-state index in [1.54, 1.807) is 24.3 Å². The number of carbonyl (C=O) groups excluding carboxylic acids is 1. The van der Waals surface area contributed by atoms with E-state index in [0.717, 1.165) is 0 Å². The van der Waals surface area contributed by atoms with E-state index in [0.29, 0.717) is 5.56 Å². The molecule has 0 amide bonds. The number of esters is 1. The van der Waals surface area contributed by atoms with Crippen LogP contribution in [0.3, 0.4) is 0 Å². The minimum absolute atomic E-state index is 0.267. The largest absolute Gasteiger partial charge is 0.425 e. The predicted octanol–water partition coefficient (Wildman–Crippen LogP) is 3.71. The van der Waals surface area contributed by atoms with Gasteiger partial charge in [-0.3, -0.25) is 0 Å². The van der Waals surface area contributed by atoms with Gasteiger partial charge in [-0.2, -0.15) is 0 Å². The third kappa shape index (κ3) is 3.08. The van der Waals surface area contributed by atoms with Crippen molar-refractivity contribution in [3.63, 3.8) is 0 Å². The molecule has 2 rings (SSSR count). The van der Waals surface area contributed by atoms with E-state index in [2.05, 4.69) is 0 Å². The van der Waals surface area contributed by atoms with Crippen LogP contribution in [0.15, 0.2) is 54.6 Å². The molecular formula is C14H10ClFO2. The molecule has 0 fully saturated rings. The number of hydrogen-bond donors (Lipinski definition) is 0. The summed E-state index contributed by atoms with van der Waals surface area (Å²) < 4.78 is 17.7. The van der Waals surface area contributed by atoms with Crippen LogP contribution in [0.5, 0.6) is 5.75 Å². The molecule has 0 saturated carbocycles. The van der Waals surface area contributed by atoms with Crippen LogP contribution >= 0.6 is 11.6 Å². The highest BCUT2D eigenvalue weighted by Crippen LogP contribution is 2.23. The summed E-state index contributed by atoms with van der Waals surface area (Å²) in [5.74, 6) is -0.710. The van der Waals surface area contributed by atoms with Crippen molar-refractivity contribution in [3.05, 3.63) is 66.0 Å². The van der Waals surface area contributed by atoms with Crippen LogP contribution in [0.4, 0.5) is 4.39 Å². The Hall–Kier alpha value is -1.87. The first-order chi connectivity index (χ1) is 8.66. The molecule has 92 valence electrons. The summed E-state index contributed by atoms with van der Waals surface area (Å²) in [5, 5.41) is -0.878. The second-order valence-electron chi connectivity index (χ2n) is 3.65. The fourth-order valence-electron chi connectivity index (χ4n) is 1.43. The molecule has 18 heavy (non-hydrogen) atoms. The van der Waals surface area contributed by atoms with Crippen molar-refractivity contribution in [2.75, 3.05) is 0 Å². The van der Waals surface area contributed by atoms with Crippen LogP contribution in [-0.2, 0) is 4.79 Å². The van der Waals surface area contributed by atoms with Crippen LogP contribution in [0.25, 0.3) is 0 Å². The summed E-state index contributed by atoms with van der Waals surface area (Å²) >= 11 is 5.99. The number of hydrogen-bond acceptors (Lipinski definition) is 2. The van der Waals surface area contributed by atoms with Gasteiger partial charge in [0.2, 0.25) is 0 Å². The van der Waals surface area contributed by atoms with Crippen molar-refractivity contribution in [1.29, 1.82) is 0 Å². The number of rotatable bonds is 3. The fourth-order valence-corrected chi connectivity index (χ4v) is 1.62. The topological polar surface area (TPSA) is 26.3 Å². The van der Waals surface area contributed by atoms with Gasteiger partial charge in [0, 0.05) is 0 Å². The average Bonchev–Trinajstić information content (AvgIpc) is 2.41. The lowest BCUT2D eigenvalue weighted by Crippen LogP contribution is -2.14. The Morgan fingerprint density at radius 1 is 1.06 bits per heavy atom. The molecule has 0 bridgehead atoms. The quantitative estimate of drug-likeness (QED) is 0.480. The van der Waals surface area contributed by atoms with E-state index in [1.165, 1.54) is 24.3 Å². The van der Waals surface area contributed by atoms with E-state index >= 15 is 0 Å². The van der Waals surface area contributed by atoms with Gasteiger partial charge in [0.05, 0.1) is 0 Å². The van der Waals surface area contributed by atoms with E-state index in [4.69, 9.17) is 16.3 Å². The number of halogens is 2. The molecule has 2 aromatic carbocycles. The summed E-state index contributed by atoms with van der Waals surface area (Å²) in [6, 6.07) is 14.1. The van der Waals surface area contributed by atoms with E-state index < -0.39 is 11.3 Å². The number of benzene rings is 2. The molecule has 0 heterocycles. The monoisotopic (exact) mass is 264 g/mol. The lowest BCUT2D eigenvalue weighted by atomic mass is 10.1. The smallest absolute Gasteiger partial charge is 0.334 e. The van der Waals surface area contributed by atoms with Crippen molar-refractivity contribution < 1.29 is 13.9 Å². The third-order valence-electron chi connectivity index (χ3n) is 2.33. The molecular weight excluding hydrogens is 255 g/mol. The summed E-state index contributed by atoms with van der Waals surface area (Å²) in [6.07, 6.45) is 0. The van der Waals surface area contributed by atoms with Crippen LogP contribution < -0.4 is 4.74 Å². The molecule has 0 radical (unpaired) electrons. The maximum Gasteiger partial charge on any atom is 0.334 e. The first kappa shape index (κ1) is 12.6. The van der Waals surface area contributed by atoms with Crippen LogP contribution in [0.2, 0.25) is 0 Å². The summed E-state index contributed by atoms with van der Waals surface area (Å²) in [7, 11) is 0. The van der Waals surface area contributed by atoms with Crippen molar-refractivity contribution in [1.82, 2.24) is 0 Å².